The Bertz CT molecular complexity index is 4520. The fraction of sp³-hybridized carbons (Fsp3) is 0.250. The molecule has 0 aliphatic carbocycles. The fourth-order valence-electron chi connectivity index (χ4n) is 8.87. The zero-order valence-electron chi connectivity index (χ0n) is 52.7. The van der Waals surface area contributed by atoms with E-state index in [1.165, 1.54) is 32.9 Å². The number of rotatable bonds is 12. The van der Waals surface area contributed by atoms with Crippen LogP contribution in [-0.4, -0.2) is 103 Å². The van der Waals surface area contributed by atoms with Gasteiger partial charge in [0.15, 0.2) is 22.3 Å². The molecular formula is C68H69BBrN3O20. The maximum atomic E-state index is 12.7. The predicted octanol–water partition coefficient (Wildman–Crippen LogP) is 9.01. The quantitative estimate of drug-likeness (QED) is 0.0313. The second-order valence-corrected chi connectivity index (χ2v) is 24.2. The first kappa shape index (κ1) is 71.7. The number of carboxylic acid groups (broad SMARTS) is 1. The Morgan fingerprint density at radius 1 is 0.473 bits per heavy atom. The molecule has 0 saturated carbocycles. The summed E-state index contributed by atoms with van der Waals surface area (Å²) >= 11 is 3.21. The molecule has 0 aliphatic rings. The van der Waals surface area contributed by atoms with Crippen molar-refractivity contribution in [1.29, 1.82) is 0 Å². The number of halogens is 1. The summed E-state index contributed by atoms with van der Waals surface area (Å²) in [5.74, 6) is -7.02. The molecule has 0 unspecified atom stereocenters. The predicted molar refractivity (Wildman–Crippen MR) is 352 cm³/mol. The number of ether oxygens (including phenoxy) is 2. The van der Waals surface area contributed by atoms with Crippen molar-refractivity contribution in [2.24, 2.45) is 0 Å². The van der Waals surface area contributed by atoms with Crippen LogP contribution in [-0.2, 0) is 23.9 Å². The number of aliphatic carboxylic acids is 1. The number of nitrogens with one attached hydrogen (secondary N) is 3. The van der Waals surface area contributed by atoms with E-state index < -0.39 is 123 Å². The molecule has 6 aromatic carbocycles. The van der Waals surface area contributed by atoms with Crippen LogP contribution in [0.25, 0.3) is 55.2 Å². The lowest BCUT2D eigenvalue weighted by Gasteiger charge is -2.22. The van der Waals surface area contributed by atoms with Crippen molar-refractivity contribution >= 4 is 97.0 Å². The molecular weight excluding hydrogens is 1270 g/mol. The van der Waals surface area contributed by atoms with Crippen LogP contribution in [0.4, 0.5) is 0 Å². The van der Waals surface area contributed by atoms with Gasteiger partial charge in [0.1, 0.15) is 57.7 Å². The number of aryl methyl sites for hydroxylation is 3. The van der Waals surface area contributed by atoms with Gasteiger partial charge in [-0.2, -0.15) is 0 Å². The first-order valence-electron chi connectivity index (χ1n) is 28.7. The summed E-state index contributed by atoms with van der Waals surface area (Å²) in [6, 6.07) is 33.7. The number of fused-ring (bicyclic) bond motifs is 3. The van der Waals surface area contributed by atoms with Crippen LogP contribution in [0.5, 0.6) is 17.2 Å². The topological polar surface area (TPSA) is 369 Å². The molecule has 0 bridgehead atoms. The molecule has 3 aromatic heterocycles. The third-order valence-electron chi connectivity index (χ3n) is 13.3. The average Bonchev–Trinajstić information content (AvgIpc) is 0.782. The maximum Gasteiger partial charge on any atom is 0.488 e. The fourth-order valence-corrected chi connectivity index (χ4v) is 9.32. The van der Waals surface area contributed by atoms with Crippen LogP contribution in [0.2, 0.25) is 0 Å². The number of para-hydroxylation sites is 3. The van der Waals surface area contributed by atoms with E-state index in [9.17, 15) is 58.5 Å². The highest BCUT2D eigenvalue weighted by molar-refractivity contribution is 9.10. The van der Waals surface area contributed by atoms with E-state index in [1.807, 2.05) is 75.4 Å². The molecule has 0 saturated heterocycles. The molecule has 3 atom stereocenters. The number of hydrogen-bond acceptors (Lipinski definition) is 19. The molecule has 3 amide bonds. The standard InChI is InChI=1S/C24H25NO6.C20H17NO6.C17H18BrNO6.C7H9BO2/c1-13-8-6-9-15(12-13)16-10-7-11-17-19(26)18(23(29)30-20(16)17)21(27)25-14(2)22(28)31-24(3,4)5;1-10-5-3-6-12(9-10)13-7-4-8-14-16(22)15(20(26)27-17(13)14)18(23)21-11(2)19(24)25;1-8(15(22)25-17(2,3)4)19-14(21)11-12(20)9-6-5-7-10(18)13(9)24-16(11)23;1-6-3-2-4-7(5-6)8(9)10/h6-12,14,26H,1-5H3,(H,25,27);3-9,11,22H,1-2H3,(H,21,23)(H,24,25);5-8,20H,1-4H3,(H,19,21);2-5,9-10H,1H3/t14-;11-;8-;/m000./s1. The van der Waals surface area contributed by atoms with E-state index in [4.69, 9.17) is 37.9 Å². The second-order valence-electron chi connectivity index (χ2n) is 23.3. The van der Waals surface area contributed by atoms with Gasteiger partial charge in [-0.05, 0) is 140 Å². The van der Waals surface area contributed by atoms with E-state index in [2.05, 4.69) is 31.9 Å². The Morgan fingerprint density at radius 2 is 0.796 bits per heavy atom. The number of carboxylic acids is 1. The van der Waals surface area contributed by atoms with E-state index in [0.29, 0.717) is 21.1 Å². The van der Waals surface area contributed by atoms with E-state index in [-0.39, 0.29) is 32.9 Å². The number of carbonyl (C=O) groups excluding carboxylic acids is 5. The number of esters is 2. The first-order valence-corrected chi connectivity index (χ1v) is 29.5. The lowest BCUT2D eigenvalue weighted by molar-refractivity contribution is -0.157. The van der Waals surface area contributed by atoms with Gasteiger partial charge in [0.05, 0.1) is 20.6 Å². The highest BCUT2D eigenvalue weighted by Gasteiger charge is 2.31. The molecule has 0 fully saturated rings. The molecule has 9 N–H and O–H groups in total. The van der Waals surface area contributed by atoms with Gasteiger partial charge in [-0.25, -0.2) is 24.0 Å². The van der Waals surface area contributed by atoms with Gasteiger partial charge >= 0.3 is 41.9 Å². The molecule has 0 spiro atoms. The molecule has 93 heavy (non-hydrogen) atoms. The molecule has 23 nitrogen and oxygen atoms in total. The minimum atomic E-state index is -1.35. The summed E-state index contributed by atoms with van der Waals surface area (Å²) < 4.78 is 26.7. The third kappa shape index (κ3) is 18.4. The number of benzene rings is 6. The summed E-state index contributed by atoms with van der Waals surface area (Å²) in [5, 5.41) is 65.3. The summed E-state index contributed by atoms with van der Waals surface area (Å²) in [5.41, 5.74) is 0.595. The zero-order valence-corrected chi connectivity index (χ0v) is 54.3. The third-order valence-corrected chi connectivity index (χ3v) is 13.9. The molecule has 486 valence electrons. The van der Waals surface area contributed by atoms with Crippen molar-refractivity contribution in [3.8, 4) is 39.5 Å². The van der Waals surface area contributed by atoms with E-state index in [0.717, 1.165) is 27.8 Å². The zero-order chi connectivity index (χ0) is 69.1. The normalized spacial score (nSPS) is 12.0. The van der Waals surface area contributed by atoms with Gasteiger partial charge in [-0.1, -0.05) is 120 Å². The van der Waals surface area contributed by atoms with Crippen molar-refractivity contribution in [3.05, 3.63) is 197 Å². The SMILES string of the molecule is C[C@H](NC(=O)c1c(O)c2cccc(Br)c2oc1=O)C(=O)OC(C)(C)C.Cc1cccc(-c2cccc3c(O)c(C(=O)N[C@@H](C)C(=O)O)c(=O)oc23)c1.Cc1cccc(-c2cccc3c(O)c(C(=O)N[C@@H](C)C(=O)OC(C)(C)C)c(=O)oc23)c1.Cc1cccc(B(O)O)c1. The minimum absolute atomic E-state index is 0.127. The highest BCUT2D eigenvalue weighted by atomic mass is 79.9. The second kappa shape index (κ2) is 30.2. The van der Waals surface area contributed by atoms with Gasteiger partial charge in [-0.3, -0.25) is 19.2 Å². The Labute approximate surface area is 540 Å². The molecule has 25 heteroatoms. The minimum Gasteiger partial charge on any atom is -0.506 e. The summed E-state index contributed by atoms with van der Waals surface area (Å²) in [7, 11) is -1.35. The van der Waals surface area contributed by atoms with Gasteiger partial charge in [0, 0.05) is 11.1 Å². The van der Waals surface area contributed by atoms with Crippen molar-refractivity contribution in [2.45, 2.75) is 112 Å². The van der Waals surface area contributed by atoms with Crippen LogP contribution >= 0.6 is 15.9 Å². The van der Waals surface area contributed by atoms with Crippen molar-refractivity contribution in [1.82, 2.24) is 16.0 Å². The van der Waals surface area contributed by atoms with Crippen LogP contribution in [0, 0.1) is 20.8 Å². The van der Waals surface area contributed by atoms with Gasteiger partial charge in [0.2, 0.25) is 0 Å². The number of hydrogen-bond donors (Lipinski definition) is 9. The number of aromatic hydroxyl groups is 3. The van der Waals surface area contributed by atoms with Crippen molar-refractivity contribution in [2.75, 3.05) is 0 Å². The molecule has 3 heterocycles. The Balaban J connectivity index is 0.000000206. The molecule has 0 aliphatic heterocycles. The van der Waals surface area contributed by atoms with Gasteiger partial charge in [-0.15, -0.1) is 0 Å². The van der Waals surface area contributed by atoms with Crippen LogP contribution in [0.3, 0.4) is 0 Å². The van der Waals surface area contributed by atoms with E-state index in [1.54, 1.807) is 102 Å². The van der Waals surface area contributed by atoms with Crippen LogP contribution in [0.15, 0.2) is 160 Å². The average molecular weight is 1340 g/mol. The Kier molecular flexibility index (Phi) is 23.3. The van der Waals surface area contributed by atoms with Gasteiger partial charge < -0.3 is 69.1 Å². The first-order chi connectivity index (χ1) is 43.5. The Morgan fingerprint density at radius 3 is 1.13 bits per heavy atom. The number of carbonyl (C=O) groups is 6. The maximum absolute atomic E-state index is 12.7. The van der Waals surface area contributed by atoms with Crippen LogP contribution < -0.4 is 38.3 Å². The van der Waals surface area contributed by atoms with Crippen molar-refractivity contribution in [3.63, 3.8) is 0 Å². The monoisotopic (exact) mass is 1340 g/mol. The largest absolute Gasteiger partial charge is 0.506 e. The van der Waals surface area contributed by atoms with Gasteiger partial charge in [0.25, 0.3) is 17.7 Å². The number of amides is 3. The highest BCUT2D eigenvalue weighted by Crippen LogP contribution is 2.36. The lowest BCUT2D eigenvalue weighted by Crippen LogP contribution is -2.43. The molecule has 9 aromatic rings. The van der Waals surface area contributed by atoms with Crippen LogP contribution in [0.1, 0.15) is 110 Å². The molecule has 0 radical (unpaired) electrons. The summed E-state index contributed by atoms with van der Waals surface area (Å²) in [6.07, 6.45) is 0. The summed E-state index contributed by atoms with van der Waals surface area (Å²) in [6.45, 7) is 20.1. The molecule has 9 rings (SSSR count). The lowest BCUT2D eigenvalue weighted by atomic mass is 9.80. The Hall–Kier alpha value is -10.4. The summed E-state index contributed by atoms with van der Waals surface area (Å²) in [4.78, 5) is 109. The van der Waals surface area contributed by atoms with Crippen molar-refractivity contribution < 1.29 is 82.0 Å². The smallest absolute Gasteiger partial charge is 0.488 e. The van der Waals surface area contributed by atoms with E-state index >= 15 is 0 Å².